The summed E-state index contributed by atoms with van der Waals surface area (Å²) >= 11 is 0. The average Bonchev–Trinajstić information content (AvgIpc) is 2.84. The fourth-order valence-electron chi connectivity index (χ4n) is 4.36. The van der Waals surface area contributed by atoms with Gasteiger partial charge in [-0.2, -0.15) is 0 Å². The fraction of sp³-hybridized carbons (Fsp3) is 0.708. The molecule has 0 aliphatic carbocycles. The molecule has 1 N–H and O–H groups in total. The monoisotopic (exact) mass is 430 g/mol. The van der Waals surface area contributed by atoms with Crippen molar-refractivity contribution in [3.05, 3.63) is 24.3 Å². The van der Waals surface area contributed by atoms with Crippen LogP contribution in [0.1, 0.15) is 26.7 Å². The maximum absolute atomic E-state index is 5.27. The van der Waals surface area contributed by atoms with Gasteiger partial charge in [0.05, 0.1) is 7.11 Å². The van der Waals surface area contributed by atoms with Gasteiger partial charge in [-0.1, -0.05) is 6.92 Å². The third kappa shape index (κ3) is 7.28. The van der Waals surface area contributed by atoms with Gasteiger partial charge in [-0.05, 0) is 57.1 Å². The molecule has 1 aromatic carbocycles. The molecule has 174 valence electrons. The van der Waals surface area contributed by atoms with Crippen molar-refractivity contribution in [2.45, 2.75) is 26.7 Å². The highest BCUT2D eigenvalue weighted by molar-refractivity contribution is 5.80. The average molecular weight is 431 g/mol. The molecule has 0 unspecified atom stereocenters. The molecule has 0 bridgehead atoms. The Morgan fingerprint density at radius 2 is 1.58 bits per heavy atom. The number of nitrogens with one attached hydrogen (secondary N) is 1. The number of guanidine groups is 1. The molecule has 7 nitrogen and oxygen atoms in total. The number of aliphatic imine (C=N–C) groups is 1. The summed E-state index contributed by atoms with van der Waals surface area (Å²) in [5.74, 6) is 1.99. The third-order valence-electron chi connectivity index (χ3n) is 6.41. The number of benzene rings is 1. The van der Waals surface area contributed by atoms with E-state index in [4.69, 9.17) is 9.73 Å². The zero-order valence-corrected chi connectivity index (χ0v) is 19.9. The van der Waals surface area contributed by atoms with Gasteiger partial charge >= 0.3 is 0 Å². The Morgan fingerprint density at radius 3 is 2.19 bits per heavy atom. The predicted molar refractivity (Wildman–Crippen MR) is 131 cm³/mol. The number of ether oxygens (including phenoxy) is 1. The number of likely N-dealkylation sites (N-methyl/N-ethyl adjacent to an activating group) is 1. The van der Waals surface area contributed by atoms with E-state index in [0.29, 0.717) is 0 Å². The van der Waals surface area contributed by atoms with Crippen LogP contribution in [0.5, 0.6) is 5.75 Å². The molecule has 3 rings (SSSR count). The molecule has 0 saturated carbocycles. The molecule has 0 spiro atoms. The summed E-state index contributed by atoms with van der Waals surface area (Å²) in [4.78, 5) is 14.9. The number of piperazine rings is 2. The number of hydrogen-bond acceptors (Lipinski definition) is 5. The lowest BCUT2D eigenvalue weighted by molar-refractivity contribution is 0.136. The number of unbranched alkanes of at least 4 members (excludes halogenated alkanes) is 1. The molecule has 2 aliphatic rings. The molecular formula is C24H42N6O. The van der Waals surface area contributed by atoms with Crippen LogP contribution in [-0.4, -0.2) is 106 Å². The summed E-state index contributed by atoms with van der Waals surface area (Å²) in [7, 11) is 1.71. The van der Waals surface area contributed by atoms with E-state index in [2.05, 4.69) is 50.9 Å². The van der Waals surface area contributed by atoms with Crippen LogP contribution in [-0.2, 0) is 0 Å². The molecule has 0 aromatic heterocycles. The minimum absolute atomic E-state index is 0.909. The van der Waals surface area contributed by atoms with E-state index in [9.17, 15) is 0 Å². The van der Waals surface area contributed by atoms with Gasteiger partial charge in [-0.25, -0.2) is 0 Å². The minimum atomic E-state index is 0.909. The van der Waals surface area contributed by atoms with Gasteiger partial charge in [-0.3, -0.25) is 4.99 Å². The highest BCUT2D eigenvalue weighted by Gasteiger charge is 2.20. The van der Waals surface area contributed by atoms with Crippen molar-refractivity contribution in [1.29, 1.82) is 0 Å². The lowest BCUT2D eigenvalue weighted by Crippen LogP contribution is -2.52. The largest absolute Gasteiger partial charge is 0.497 e. The summed E-state index contributed by atoms with van der Waals surface area (Å²) in [5, 5.41) is 3.50. The Hall–Kier alpha value is -1.99. The smallest absolute Gasteiger partial charge is 0.194 e. The van der Waals surface area contributed by atoms with E-state index >= 15 is 0 Å². The van der Waals surface area contributed by atoms with Crippen LogP contribution in [0.4, 0.5) is 5.69 Å². The predicted octanol–water partition coefficient (Wildman–Crippen LogP) is 2.20. The fourth-order valence-corrected chi connectivity index (χ4v) is 4.36. The Bertz CT molecular complexity index is 649. The molecule has 0 amide bonds. The van der Waals surface area contributed by atoms with E-state index in [1.54, 1.807) is 7.11 Å². The van der Waals surface area contributed by atoms with Crippen molar-refractivity contribution < 1.29 is 4.74 Å². The number of nitrogens with zero attached hydrogens (tertiary/aromatic N) is 5. The van der Waals surface area contributed by atoms with E-state index in [1.807, 2.05) is 12.1 Å². The summed E-state index contributed by atoms with van der Waals surface area (Å²) in [6.45, 7) is 17.6. The highest BCUT2D eigenvalue weighted by Crippen LogP contribution is 2.20. The van der Waals surface area contributed by atoms with Gasteiger partial charge in [-0.15, -0.1) is 0 Å². The molecule has 0 atom stereocenters. The zero-order valence-electron chi connectivity index (χ0n) is 19.9. The van der Waals surface area contributed by atoms with Crippen LogP contribution in [0.15, 0.2) is 29.3 Å². The van der Waals surface area contributed by atoms with Crippen LogP contribution in [0.2, 0.25) is 0 Å². The summed E-state index contributed by atoms with van der Waals surface area (Å²) in [6.07, 6.45) is 2.40. The van der Waals surface area contributed by atoms with Gasteiger partial charge in [0, 0.05) is 71.1 Å². The standard InChI is InChI=1S/C24H42N6O/c1-4-25-24(26-12-6-7-13-28-16-14-27(5-2)15-17-28)30-20-18-29(19-21-30)22-8-10-23(31-3)11-9-22/h8-11H,4-7,12-21H2,1-3H3,(H,25,26). The maximum atomic E-state index is 5.27. The van der Waals surface area contributed by atoms with Crippen molar-refractivity contribution >= 4 is 11.6 Å². The van der Waals surface area contributed by atoms with Crippen LogP contribution in [0.3, 0.4) is 0 Å². The molecule has 2 aliphatic heterocycles. The number of methoxy groups -OCH3 is 1. The first-order valence-corrected chi connectivity index (χ1v) is 12.1. The number of rotatable bonds is 9. The first-order valence-electron chi connectivity index (χ1n) is 12.1. The van der Waals surface area contributed by atoms with Crippen molar-refractivity contribution in [2.75, 3.05) is 90.5 Å². The van der Waals surface area contributed by atoms with Gasteiger partial charge in [0.15, 0.2) is 5.96 Å². The first-order chi connectivity index (χ1) is 15.2. The molecule has 7 heteroatoms. The molecule has 31 heavy (non-hydrogen) atoms. The normalized spacial score (nSPS) is 19.0. The lowest BCUT2D eigenvalue weighted by atomic mass is 10.2. The molecule has 2 saturated heterocycles. The Balaban J connectivity index is 1.39. The van der Waals surface area contributed by atoms with Crippen LogP contribution >= 0.6 is 0 Å². The Morgan fingerprint density at radius 1 is 0.903 bits per heavy atom. The topological polar surface area (TPSA) is 46.6 Å². The van der Waals surface area contributed by atoms with E-state index < -0.39 is 0 Å². The van der Waals surface area contributed by atoms with Gasteiger partial charge < -0.3 is 29.7 Å². The van der Waals surface area contributed by atoms with Crippen molar-refractivity contribution in [3.8, 4) is 5.75 Å². The number of anilines is 1. The van der Waals surface area contributed by atoms with E-state index in [0.717, 1.165) is 57.4 Å². The van der Waals surface area contributed by atoms with Crippen molar-refractivity contribution in [2.24, 2.45) is 4.99 Å². The summed E-state index contributed by atoms with van der Waals surface area (Å²) < 4.78 is 5.27. The van der Waals surface area contributed by atoms with Gasteiger partial charge in [0.1, 0.15) is 5.75 Å². The van der Waals surface area contributed by atoms with Gasteiger partial charge in [0.25, 0.3) is 0 Å². The highest BCUT2D eigenvalue weighted by atomic mass is 16.5. The molecule has 0 radical (unpaired) electrons. The summed E-state index contributed by atoms with van der Waals surface area (Å²) in [6, 6.07) is 8.37. The van der Waals surface area contributed by atoms with Gasteiger partial charge in [0.2, 0.25) is 0 Å². The van der Waals surface area contributed by atoms with E-state index in [-0.39, 0.29) is 0 Å². The second-order valence-corrected chi connectivity index (χ2v) is 8.39. The SMILES string of the molecule is CCNC(=NCCCCN1CCN(CC)CC1)N1CCN(c2ccc(OC)cc2)CC1. The van der Waals surface area contributed by atoms with Crippen LogP contribution in [0, 0.1) is 0 Å². The quantitative estimate of drug-likeness (QED) is 0.368. The van der Waals surface area contributed by atoms with Crippen molar-refractivity contribution in [3.63, 3.8) is 0 Å². The Kier molecular flexibility index (Phi) is 9.75. The molecular weight excluding hydrogens is 388 g/mol. The van der Waals surface area contributed by atoms with Crippen LogP contribution < -0.4 is 15.0 Å². The number of hydrogen-bond donors (Lipinski definition) is 1. The minimum Gasteiger partial charge on any atom is -0.497 e. The second kappa shape index (κ2) is 12.8. The first kappa shape index (κ1) is 23.7. The second-order valence-electron chi connectivity index (χ2n) is 8.39. The third-order valence-corrected chi connectivity index (χ3v) is 6.41. The van der Waals surface area contributed by atoms with Crippen LogP contribution in [0.25, 0.3) is 0 Å². The molecule has 2 fully saturated rings. The summed E-state index contributed by atoms with van der Waals surface area (Å²) in [5.41, 5.74) is 1.27. The lowest BCUT2D eigenvalue weighted by Gasteiger charge is -2.37. The zero-order chi connectivity index (χ0) is 21.9. The maximum Gasteiger partial charge on any atom is 0.194 e. The van der Waals surface area contributed by atoms with E-state index in [1.165, 1.54) is 51.4 Å². The molecule has 2 heterocycles. The Labute approximate surface area is 189 Å². The molecule has 1 aromatic rings. The van der Waals surface area contributed by atoms with Crippen molar-refractivity contribution in [1.82, 2.24) is 20.0 Å².